The Morgan fingerprint density at radius 2 is 2.13 bits per heavy atom. The molecule has 84 valence electrons. The van der Waals surface area contributed by atoms with Gasteiger partial charge in [0, 0.05) is 18.3 Å². The van der Waals surface area contributed by atoms with E-state index in [4.69, 9.17) is 5.73 Å². The van der Waals surface area contributed by atoms with Crippen LogP contribution in [0.2, 0.25) is 0 Å². The van der Waals surface area contributed by atoms with Crippen LogP contribution in [0.3, 0.4) is 0 Å². The summed E-state index contributed by atoms with van der Waals surface area (Å²) in [5.74, 6) is -0.189. The van der Waals surface area contributed by atoms with Crippen LogP contribution < -0.4 is 10.6 Å². The van der Waals surface area contributed by atoms with Gasteiger partial charge < -0.3 is 10.6 Å². The van der Waals surface area contributed by atoms with Gasteiger partial charge in [0.1, 0.15) is 5.82 Å². The van der Waals surface area contributed by atoms with Crippen molar-refractivity contribution in [2.45, 2.75) is 26.3 Å². The molecule has 1 aromatic carbocycles. The van der Waals surface area contributed by atoms with Gasteiger partial charge in [-0.15, -0.1) is 0 Å². The predicted molar refractivity (Wildman–Crippen MR) is 62.6 cm³/mol. The van der Waals surface area contributed by atoms with E-state index in [9.17, 15) is 4.39 Å². The topological polar surface area (TPSA) is 29.3 Å². The van der Waals surface area contributed by atoms with Crippen molar-refractivity contribution < 1.29 is 4.39 Å². The molecule has 0 saturated heterocycles. The maximum absolute atomic E-state index is 13.1. The summed E-state index contributed by atoms with van der Waals surface area (Å²) in [5.41, 5.74) is 6.41. The number of nitrogens with zero attached hydrogens (tertiary/aromatic N) is 1. The van der Waals surface area contributed by atoms with Gasteiger partial charge in [0.25, 0.3) is 0 Å². The lowest BCUT2D eigenvalue weighted by molar-refractivity contribution is 0.619. The lowest BCUT2D eigenvalue weighted by atomic mass is 10.2. The molecule has 0 amide bonds. The molecular weight excluding hydrogens is 191 g/mol. The molecule has 2 N–H and O–H groups in total. The molecule has 0 radical (unpaired) electrons. The molecule has 0 atom stereocenters. The Kier molecular flexibility index (Phi) is 4.56. The molecular formula is C12H19FN2. The highest BCUT2D eigenvalue weighted by molar-refractivity contribution is 5.47. The highest BCUT2D eigenvalue weighted by Gasteiger charge is 2.09. The Balaban J connectivity index is 2.79. The number of halogens is 1. The lowest BCUT2D eigenvalue weighted by Crippen LogP contribution is -2.32. The summed E-state index contributed by atoms with van der Waals surface area (Å²) in [6.45, 7) is 5.74. The van der Waals surface area contributed by atoms with Crippen LogP contribution in [0.5, 0.6) is 0 Å². The molecule has 0 fully saturated rings. The van der Waals surface area contributed by atoms with Gasteiger partial charge in [0.15, 0.2) is 0 Å². The van der Waals surface area contributed by atoms with Gasteiger partial charge in [0.2, 0.25) is 0 Å². The third-order valence-corrected chi connectivity index (χ3v) is 2.37. The van der Waals surface area contributed by atoms with E-state index in [1.807, 2.05) is 6.07 Å². The van der Waals surface area contributed by atoms with Crippen molar-refractivity contribution in [2.75, 3.05) is 18.0 Å². The van der Waals surface area contributed by atoms with Crippen LogP contribution in [0.1, 0.15) is 20.3 Å². The summed E-state index contributed by atoms with van der Waals surface area (Å²) in [4.78, 5) is 2.16. The van der Waals surface area contributed by atoms with E-state index in [1.54, 1.807) is 12.1 Å². The number of anilines is 1. The molecule has 3 heteroatoms. The van der Waals surface area contributed by atoms with Gasteiger partial charge in [-0.1, -0.05) is 6.07 Å². The molecule has 0 aliphatic heterocycles. The summed E-state index contributed by atoms with van der Waals surface area (Å²) in [5, 5.41) is 0. The summed E-state index contributed by atoms with van der Waals surface area (Å²) in [7, 11) is 0. The Morgan fingerprint density at radius 3 is 2.67 bits per heavy atom. The number of hydrogen-bond donors (Lipinski definition) is 1. The fourth-order valence-corrected chi connectivity index (χ4v) is 1.60. The second-order valence-electron chi connectivity index (χ2n) is 3.91. The standard InChI is InChI=1S/C12H19FN2/c1-10(2)15(8-4-7-14)12-6-3-5-11(13)9-12/h3,5-6,9-10H,4,7-8,14H2,1-2H3. The fraction of sp³-hybridized carbons (Fsp3) is 0.500. The Labute approximate surface area is 90.9 Å². The highest BCUT2D eigenvalue weighted by atomic mass is 19.1. The molecule has 0 saturated carbocycles. The van der Waals surface area contributed by atoms with Crippen LogP contribution in [-0.2, 0) is 0 Å². The zero-order chi connectivity index (χ0) is 11.3. The Bertz CT molecular complexity index is 299. The van der Waals surface area contributed by atoms with Gasteiger partial charge in [0.05, 0.1) is 0 Å². The smallest absolute Gasteiger partial charge is 0.125 e. The minimum Gasteiger partial charge on any atom is -0.369 e. The quantitative estimate of drug-likeness (QED) is 0.808. The van der Waals surface area contributed by atoms with Gasteiger partial charge >= 0.3 is 0 Å². The van der Waals surface area contributed by atoms with Gasteiger partial charge in [-0.05, 0) is 45.0 Å². The van der Waals surface area contributed by atoms with E-state index in [-0.39, 0.29) is 5.82 Å². The molecule has 0 aliphatic carbocycles. The summed E-state index contributed by atoms with van der Waals surface area (Å²) < 4.78 is 13.1. The first-order chi connectivity index (χ1) is 7.15. The number of nitrogens with two attached hydrogens (primary N) is 1. The molecule has 0 aliphatic rings. The lowest BCUT2D eigenvalue weighted by Gasteiger charge is -2.28. The van der Waals surface area contributed by atoms with Gasteiger partial charge in [-0.3, -0.25) is 0 Å². The minimum atomic E-state index is -0.189. The van der Waals surface area contributed by atoms with Crippen LogP contribution >= 0.6 is 0 Å². The zero-order valence-electron chi connectivity index (χ0n) is 9.41. The largest absolute Gasteiger partial charge is 0.369 e. The molecule has 0 unspecified atom stereocenters. The van der Waals surface area contributed by atoms with Crippen LogP contribution in [0.15, 0.2) is 24.3 Å². The van der Waals surface area contributed by atoms with E-state index in [0.29, 0.717) is 12.6 Å². The van der Waals surface area contributed by atoms with E-state index in [1.165, 1.54) is 6.07 Å². The van der Waals surface area contributed by atoms with Crippen molar-refractivity contribution in [1.82, 2.24) is 0 Å². The molecule has 0 bridgehead atoms. The number of benzene rings is 1. The van der Waals surface area contributed by atoms with Crippen molar-refractivity contribution in [2.24, 2.45) is 5.73 Å². The van der Waals surface area contributed by atoms with Crippen LogP contribution in [0.4, 0.5) is 10.1 Å². The highest BCUT2D eigenvalue weighted by Crippen LogP contribution is 2.18. The average molecular weight is 210 g/mol. The summed E-state index contributed by atoms with van der Waals surface area (Å²) in [6.07, 6.45) is 0.925. The molecule has 1 aromatic rings. The summed E-state index contributed by atoms with van der Waals surface area (Å²) >= 11 is 0. The molecule has 2 nitrogen and oxygen atoms in total. The third-order valence-electron chi connectivity index (χ3n) is 2.37. The molecule has 0 spiro atoms. The van der Waals surface area contributed by atoms with Crippen molar-refractivity contribution in [3.63, 3.8) is 0 Å². The number of rotatable bonds is 5. The van der Waals surface area contributed by atoms with Crippen molar-refractivity contribution in [3.8, 4) is 0 Å². The van der Waals surface area contributed by atoms with Crippen LogP contribution in [0, 0.1) is 5.82 Å². The first-order valence-electron chi connectivity index (χ1n) is 5.37. The van der Waals surface area contributed by atoms with Gasteiger partial charge in [-0.2, -0.15) is 0 Å². The number of hydrogen-bond acceptors (Lipinski definition) is 2. The molecule has 0 aromatic heterocycles. The maximum atomic E-state index is 13.1. The third kappa shape index (κ3) is 3.51. The van der Waals surface area contributed by atoms with Crippen molar-refractivity contribution >= 4 is 5.69 Å². The van der Waals surface area contributed by atoms with Crippen LogP contribution in [0.25, 0.3) is 0 Å². The molecule has 0 heterocycles. The first kappa shape index (κ1) is 12.0. The average Bonchev–Trinajstić information content (AvgIpc) is 2.18. The Morgan fingerprint density at radius 1 is 1.40 bits per heavy atom. The zero-order valence-corrected chi connectivity index (χ0v) is 9.41. The predicted octanol–water partition coefficient (Wildman–Crippen LogP) is 2.39. The maximum Gasteiger partial charge on any atom is 0.125 e. The van der Waals surface area contributed by atoms with Crippen molar-refractivity contribution in [3.05, 3.63) is 30.1 Å². The van der Waals surface area contributed by atoms with Gasteiger partial charge in [-0.25, -0.2) is 4.39 Å². The second kappa shape index (κ2) is 5.71. The van der Waals surface area contributed by atoms with E-state index >= 15 is 0 Å². The monoisotopic (exact) mass is 210 g/mol. The SMILES string of the molecule is CC(C)N(CCCN)c1cccc(F)c1. The minimum absolute atomic E-state index is 0.189. The normalized spacial score (nSPS) is 10.7. The van der Waals surface area contributed by atoms with E-state index in [0.717, 1.165) is 18.7 Å². The summed E-state index contributed by atoms with van der Waals surface area (Å²) in [6, 6.07) is 7.06. The van der Waals surface area contributed by atoms with E-state index < -0.39 is 0 Å². The Hall–Kier alpha value is -1.09. The van der Waals surface area contributed by atoms with Crippen LogP contribution in [-0.4, -0.2) is 19.1 Å². The fourth-order valence-electron chi connectivity index (χ4n) is 1.60. The molecule has 1 rings (SSSR count). The molecule has 15 heavy (non-hydrogen) atoms. The first-order valence-corrected chi connectivity index (χ1v) is 5.37. The van der Waals surface area contributed by atoms with Crippen molar-refractivity contribution in [1.29, 1.82) is 0 Å². The van der Waals surface area contributed by atoms with E-state index in [2.05, 4.69) is 18.7 Å². The second-order valence-corrected chi connectivity index (χ2v) is 3.91.